The molecule has 0 radical (unpaired) electrons. The van der Waals surface area contributed by atoms with Gasteiger partial charge in [0.1, 0.15) is 11.5 Å². The lowest BCUT2D eigenvalue weighted by molar-refractivity contribution is 0.102. The number of pyridine rings is 1. The number of aliphatic hydroxyl groups is 1. The maximum absolute atomic E-state index is 13.2. The van der Waals surface area contributed by atoms with Crippen LogP contribution < -0.4 is 15.5 Å². The van der Waals surface area contributed by atoms with Crippen LogP contribution in [-0.2, 0) is 0 Å². The van der Waals surface area contributed by atoms with Crippen LogP contribution in [0, 0.1) is 0 Å². The quantitative estimate of drug-likeness (QED) is 0.558. The average Bonchev–Trinajstić information content (AvgIpc) is 3.46. The van der Waals surface area contributed by atoms with E-state index in [1.54, 1.807) is 6.07 Å². The number of carbonyl (C=O) groups excluding carboxylic acids is 1. The van der Waals surface area contributed by atoms with Crippen molar-refractivity contribution in [2.45, 2.75) is 50.2 Å². The van der Waals surface area contributed by atoms with Crippen LogP contribution in [0.4, 0.5) is 11.5 Å². The van der Waals surface area contributed by atoms with Crippen LogP contribution in [0.25, 0.3) is 10.9 Å². The Bertz CT molecular complexity index is 1180. The molecule has 3 aromatic rings. The van der Waals surface area contributed by atoms with Gasteiger partial charge in [-0.2, -0.15) is 5.10 Å². The highest BCUT2D eigenvalue weighted by atomic mass is 16.3. The highest BCUT2D eigenvalue weighted by Gasteiger charge is 2.28. The normalized spacial score (nSPS) is 21.6. The van der Waals surface area contributed by atoms with E-state index in [1.807, 2.05) is 17.0 Å². The van der Waals surface area contributed by atoms with Crippen LogP contribution >= 0.6 is 0 Å². The van der Waals surface area contributed by atoms with Crippen molar-refractivity contribution in [3.05, 3.63) is 47.8 Å². The second-order valence-corrected chi connectivity index (χ2v) is 9.59. The van der Waals surface area contributed by atoms with Gasteiger partial charge in [0.2, 0.25) is 0 Å². The number of aliphatic hydroxyl groups excluding tert-OH is 1. The predicted octanol–water partition coefficient (Wildman–Crippen LogP) is 3.06. The molecule has 0 spiro atoms. The van der Waals surface area contributed by atoms with E-state index in [0.29, 0.717) is 24.2 Å². The number of nitrogens with zero attached hydrogens (tertiary/aromatic N) is 4. The van der Waals surface area contributed by atoms with Crippen molar-refractivity contribution >= 4 is 28.3 Å². The number of benzene rings is 1. The first-order valence-corrected chi connectivity index (χ1v) is 12.1. The first kappa shape index (κ1) is 20.6. The SMILES string of the molecule is O=C(Nc1cc2cn(C3CCNCC3)nc2cc1C1CC1)c1cccc(N2CCC(O)C2)n1. The predicted molar refractivity (Wildman–Crippen MR) is 128 cm³/mol. The Labute approximate surface area is 193 Å². The zero-order chi connectivity index (χ0) is 22.4. The third kappa shape index (κ3) is 4.20. The van der Waals surface area contributed by atoms with E-state index in [2.05, 4.69) is 38.6 Å². The topological polar surface area (TPSA) is 95.3 Å². The van der Waals surface area contributed by atoms with Crippen molar-refractivity contribution in [3.8, 4) is 0 Å². The summed E-state index contributed by atoms with van der Waals surface area (Å²) in [7, 11) is 0. The Morgan fingerprint density at radius 1 is 1.12 bits per heavy atom. The lowest BCUT2D eigenvalue weighted by Gasteiger charge is -2.22. The minimum Gasteiger partial charge on any atom is -0.391 e. The van der Waals surface area contributed by atoms with E-state index >= 15 is 0 Å². The maximum Gasteiger partial charge on any atom is 0.274 e. The molecule has 2 aromatic heterocycles. The molecule has 1 aliphatic carbocycles. The van der Waals surface area contributed by atoms with Gasteiger partial charge < -0.3 is 20.6 Å². The second kappa shape index (κ2) is 8.43. The molecule has 0 bridgehead atoms. The lowest BCUT2D eigenvalue weighted by Crippen LogP contribution is -2.29. The van der Waals surface area contributed by atoms with Gasteiger partial charge in [0.15, 0.2) is 0 Å². The van der Waals surface area contributed by atoms with Gasteiger partial charge >= 0.3 is 0 Å². The molecule has 1 atom stereocenters. The number of nitrogens with one attached hydrogen (secondary N) is 2. The van der Waals surface area contributed by atoms with Crippen molar-refractivity contribution in [3.63, 3.8) is 0 Å². The van der Waals surface area contributed by atoms with E-state index in [-0.39, 0.29) is 12.0 Å². The van der Waals surface area contributed by atoms with Gasteiger partial charge in [-0.15, -0.1) is 0 Å². The third-order valence-corrected chi connectivity index (χ3v) is 7.10. The monoisotopic (exact) mass is 446 g/mol. The second-order valence-electron chi connectivity index (χ2n) is 9.59. The number of carbonyl (C=O) groups is 1. The molecule has 1 saturated carbocycles. The first-order valence-electron chi connectivity index (χ1n) is 12.1. The number of hydrogen-bond donors (Lipinski definition) is 3. The Morgan fingerprint density at radius 2 is 1.97 bits per heavy atom. The maximum atomic E-state index is 13.2. The molecule has 1 aromatic carbocycles. The van der Waals surface area contributed by atoms with Gasteiger partial charge in [-0.25, -0.2) is 4.98 Å². The average molecular weight is 447 g/mol. The van der Waals surface area contributed by atoms with Crippen molar-refractivity contribution in [1.29, 1.82) is 0 Å². The van der Waals surface area contributed by atoms with Crippen LogP contribution in [0.15, 0.2) is 36.5 Å². The van der Waals surface area contributed by atoms with Gasteiger partial charge in [0.05, 0.1) is 17.7 Å². The Kier molecular flexibility index (Phi) is 5.27. The third-order valence-electron chi connectivity index (χ3n) is 7.10. The molecule has 6 rings (SSSR count). The fraction of sp³-hybridized carbons (Fsp3) is 0.480. The van der Waals surface area contributed by atoms with Crippen molar-refractivity contribution in [2.75, 3.05) is 36.4 Å². The molecule has 33 heavy (non-hydrogen) atoms. The van der Waals surface area contributed by atoms with E-state index in [9.17, 15) is 9.90 Å². The Hall–Kier alpha value is -2.97. The highest BCUT2D eigenvalue weighted by molar-refractivity contribution is 6.04. The molecule has 2 saturated heterocycles. The number of fused-ring (bicyclic) bond motifs is 1. The van der Waals surface area contributed by atoms with E-state index in [1.165, 1.54) is 5.56 Å². The standard InChI is InChI=1S/C25H30N6O2/c32-19-8-11-30(15-19)24-3-1-2-21(27-24)25(33)28-23-12-17-14-31(18-6-9-26-10-7-18)29-22(17)13-20(23)16-4-5-16/h1-3,12-14,16,18-19,26,32H,4-11,15H2,(H,28,33). The summed E-state index contributed by atoms with van der Waals surface area (Å²) in [6.07, 6.45) is 6.99. The van der Waals surface area contributed by atoms with Crippen LogP contribution in [0.5, 0.6) is 0 Å². The fourth-order valence-corrected chi connectivity index (χ4v) is 5.07. The van der Waals surface area contributed by atoms with Crippen molar-refractivity contribution in [1.82, 2.24) is 20.1 Å². The van der Waals surface area contributed by atoms with Gasteiger partial charge in [-0.1, -0.05) is 6.07 Å². The molecule has 172 valence electrons. The number of amides is 1. The van der Waals surface area contributed by atoms with E-state index in [0.717, 1.165) is 74.1 Å². The Balaban J connectivity index is 1.27. The number of hydrogen-bond acceptors (Lipinski definition) is 6. The molecule has 1 unspecified atom stereocenters. The van der Waals surface area contributed by atoms with Crippen LogP contribution in [-0.4, -0.2) is 58.1 Å². The van der Waals surface area contributed by atoms with Crippen molar-refractivity contribution < 1.29 is 9.90 Å². The van der Waals surface area contributed by atoms with E-state index in [4.69, 9.17) is 5.10 Å². The molecule has 3 aliphatic rings. The van der Waals surface area contributed by atoms with Crippen LogP contribution in [0.1, 0.15) is 60.1 Å². The molecule has 1 amide bonds. The summed E-state index contributed by atoms with van der Waals surface area (Å²) >= 11 is 0. The highest BCUT2D eigenvalue weighted by Crippen LogP contribution is 2.45. The molecular weight excluding hydrogens is 416 g/mol. The van der Waals surface area contributed by atoms with Gasteiger partial charge in [0, 0.05) is 30.4 Å². The summed E-state index contributed by atoms with van der Waals surface area (Å²) in [5, 5.41) is 22.3. The number of anilines is 2. The van der Waals surface area contributed by atoms with Gasteiger partial charge in [-0.05, 0) is 80.9 Å². The minimum absolute atomic E-state index is 0.205. The molecule has 4 heterocycles. The number of β-amino-alcohol motifs (C(OH)–C–C–N with tert-alkyl or cyclic N) is 1. The summed E-state index contributed by atoms with van der Waals surface area (Å²) in [4.78, 5) is 19.8. The summed E-state index contributed by atoms with van der Waals surface area (Å²) < 4.78 is 2.11. The molecule has 3 N–H and O–H groups in total. The van der Waals surface area contributed by atoms with Crippen LogP contribution in [0.3, 0.4) is 0 Å². The number of aromatic nitrogens is 3. The zero-order valence-corrected chi connectivity index (χ0v) is 18.7. The molecule has 2 aliphatic heterocycles. The fourth-order valence-electron chi connectivity index (χ4n) is 5.07. The van der Waals surface area contributed by atoms with Gasteiger partial charge in [0.25, 0.3) is 5.91 Å². The Morgan fingerprint density at radius 3 is 2.73 bits per heavy atom. The molecule has 3 fully saturated rings. The largest absolute Gasteiger partial charge is 0.391 e. The smallest absolute Gasteiger partial charge is 0.274 e. The summed E-state index contributed by atoms with van der Waals surface area (Å²) in [5.41, 5.74) is 3.43. The zero-order valence-electron chi connectivity index (χ0n) is 18.7. The van der Waals surface area contributed by atoms with E-state index < -0.39 is 0 Å². The number of piperidine rings is 1. The summed E-state index contributed by atoms with van der Waals surface area (Å²) in [6, 6.07) is 10.2. The van der Waals surface area contributed by atoms with Crippen molar-refractivity contribution in [2.24, 2.45) is 0 Å². The number of rotatable bonds is 5. The lowest BCUT2D eigenvalue weighted by atomic mass is 10.1. The molecule has 8 heteroatoms. The summed E-state index contributed by atoms with van der Waals surface area (Å²) in [5.74, 6) is 1.02. The minimum atomic E-state index is -0.331. The van der Waals surface area contributed by atoms with Gasteiger partial charge in [-0.3, -0.25) is 9.48 Å². The molecule has 8 nitrogen and oxygen atoms in total. The van der Waals surface area contributed by atoms with Crippen LogP contribution in [0.2, 0.25) is 0 Å². The molecular formula is C25H30N6O2. The first-order chi connectivity index (χ1) is 16.1. The summed E-state index contributed by atoms with van der Waals surface area (Å²) in [6.45, 7) is 3.36.